The number of para-hydroxylation sites is 1. The Kier molecular flexibility index (Phi) is 5.15. The van der Waals surface area contributed by atoms with Crippen LogP contribution in [0.3, 0.4) is 0 Å². The standard InChI is InChI=1S/C17H11BrN2O/c1-20-17(12-19)16(11-18)13-7-9-15(10-8-13)21-14-5-3-2-4-6-14/h2-10H,11H2/b17-16-. The summed E-state index contributed by atoms with van der Waals surface area (Å²) in [6.45, 7) is 7.03. The first kappa shape index (κ1) is 14.8. The topological polar surface area (TPSA) is 37.4 Å². The maximum Gasteiger partial charge on any atom is 0.266 e. The molecule has 0 aliphatic rings. The second-order valence-corrected chi connectivity index (χ2v) is 4.68. The minimum Gasteiger partial charge on any atom is -0.457 e. The molecule has 102 valence electrons. The van der Waals surface area contributed by atoms with Crippen molar-refractivity contribution in [3.05, 3.63) is 77.3 Å². The van der Waals surface area contributed by atoms with Crippen LogP contribution in [0.4, 0.5) is 0 Å². The van der Waals surface area contributed by atoms with E-state index in [4.69, 9.17) is 16.6 Å². The zero-order valence-electron chi connectivity index (χ0n) is 11.1. The molecule has 4 heteroatoms. The Labute approximate surface area is 132 Å². The molecule has 0 saturated heterocycles. The van der Waals surface area contributed by atoms with Crippen LogP contribution in [-0.2, 0) is 0 Å². The van der Waals surface area contributed by atoms with Gasteiger partial charge in [0.05, 0.1) is 12.6 Å². The molecule has 3 nitrogen and oxygen atoms in total. The van der Waals surface area contributed by atoms with E-state index in [1.54, 1.807) is 0 Å². The van der Waals surface area contributed by atoms with Gasteiger partial charge in [0.1, 0.15) is 11.5 Å². The van der Waals surface area contributed by atoms with Crippen LogP contribution in [0.1, 0.15) is 5.56 Å². The van der Waals surface area contributed by atoms with Crippen molar-refractivity contribution in [1.82, 2.24) is 0 Å². The quantitative estimate of drug-likeness (QED) is 0.445. The summed E-state index contributed by atoms with van der Waals surface area (Å²) >= 11 is 3.32. The molecule has 0 amide bonds. The largest absolute Gasteiger partial charge is 0.457 e. The Morgan fingerprint density at radius 2 is 1.71 bits per heavy atom. The SMILES string of the molecule is [C-]#[N+]/C(C#N)=C(/CBr)c1ccc(Oc2ccccc2)cc1. The van der Waals surface area contributed by atoms with Gasteiger partial charge < -0.3 is 4.74 Å². The number of allylic oxidation sites excluding steroid dienone is 2. The van der Waals surface area contributed by atoms with Gasteiger partial charge >= 0.3 is 0 Å². The molecule has 0 heterocycles. The van der Waals surface area contributed by atoms with Gasteiger partial charge in [0.15, 0.2) is 0 Å². The van der Waals surface area contributed by atoms with E-state index in [-0.39, 0.29) is 5.70 Å². The second-order valence-electron chi connectivity index (χ2n) is 4.12. The minimum atomic E-state index is 0.101. The molecule has 2 aromatic rings. The van der Waals surface area contributed by atoms with E-state index in [0.29, 0.717) is 16.7 Å². The number of benzene rings is 2. The van der Waals surface area contributed by atoms with E-state index in [2.05, 4.69) is 20.8 Å². The predicted molar refractivity (Wildman–Crippen MR) is 85.9 cm³/mol. The van der Waals surface area contributed by atoms with Crippen LogP contribution in [0.5, 0.6) is 11.5 Å². The van der Waals surface area contributed by atoms with E-state index in [1.165, 1.54) is 0 Å². The zero-order chi connectivity index (χ0) is 15.1. The molecule has 21 heavy (non-hydrogen) atoms. The van der Waals surface area contributed by atoms with Gasteiger partial charge in [-0.2, -0.15) is 0 Å². The van der Waals surface area contributed by atoms with E-state index in [9.17, 15) is 0 Å². The molecular formula is C17H11BrN2O. The molecule has 0 aromatic heterocycles. The molecule has 2 aromatic carbocycles. The van der Waals surface area contributed by atoms with Crippen LogP contribution < -0.4 is 4.74 Å². The molecule has 0 fully saturated rings. The van der Waals surface area contributed by atoms with Gasteiger partial charge in [-0.25, -0.2) is 10.1 Å². The highest BCUT2D eigenvalue weighted by atomic mass is 79.9. The van der Waals surface area contributed by atoms with Crippen LogP contribution in [0.15, 0.2) is 60.3 Å². The van der Waals surface area contributed by atoms with Gasteiger partial charge in [-0.15, -0.1) is 0 Å². The van der Waals surface area contributed by atoms with Crippen molar-refractivity contribution in [3.8, 4) is 17.6 Å². The van der Waals surface area contributed by atoms with Gasteiger partial charge in [-0.05, 0) is 35.4 Å². The first-order valence-electron chi connectivity index (χ1n) is 6.18. The fraction of sp³-hybridized carbons (Fsp3) is 0.0588. The Bertz CT molecular complexity index is 706. The average Bonchev–Trinajstić information content (AvgIpc) is 2.54. The van der Waals surface area contributed by atoms with Crippen molar-refractivity contribution in [2.75, 3.05) is 5.33 Å². The Hall–Kier alpha value is -2.56. The van der Waals surface area contributed by atoms with Crippen LogP contribution in [0, 0.1) is 17.9 Å². The number of hydrogen-bond acceptors (Lipinski definition) is 2. The number of ether oxygens (including phenoxy) is 1. The molecule has 0 bridgehead atoms. The summed E-state index contributed by atoms with van der Waals surface area (Å²) in [6.07, 6.45) is 0. The van der Waals surface area contributed by atoms with E-state index < -0.39 is 0 Å². The van der Waals surface area contributed by atoms with Crippen LogP contribution >= 0.6 is 15.9 Å². The maximum atomic E-state index is 8.97. The third-order valence-corrected chi connectivity index (χ3v) is 3.38. The lowest BCUT2D eigenvalue weighted by atomic mass is 10.1. The molecule has 0 spiro atoms. The normalized spacial score (nSPS) is 11.0. The van der Waals surface area contributed by atoms with E-state index >= 15 is 0 Å². The predicted octanol–water partition coefficient (Wildman–Crippen LogP) is 5.03. The summed E-state index contributed by atoms with van der Waals surface area (Å²) < 4.78 is 5.71. The lowest BCUT2D eigenvalue weighted by Gasteiger charge is -2.08. The maximum absolute atomic E-state index is 8.97. The van der Waals surface area contributed by atoms with Gasteiger partial charge in [-0.1, -0.05) is 46.3 Å². The summed E-state index contributed by atoms with van der Waals surface area (Å²) in [4.78, 5) is 3.25. The Morgan fingerprint density at radius 3 is 2.24 bits per heavy atom. The molecule has 0 saturated carbocycles. The molecule has 0 unspecified atom stereocenters. The average molecular weight is 339 g/mol. The Balaban J connectivity index is 2.26. The van der Waals surface area contributed by atoms with Crippen molar-refractivity contribution in [2.24, 2.45) is 0 Å². The van der Waals surface area contributed by atoms with Gasteiger partial charge in [-0.3, -0.25) is 0 Å². The van der Waals surface area contributed by atoms with E-state index in [1.807, 2.05) is 60.7 Å². The highest BCUT2D eigenvalue weighted by Gasteiger charge is 2.08. The van der Waals surface area contributed by atoms with E-state index in [0.717, 1.165) is 11.3 Å². The summed E-state index contributed by atoms with van der Waals surface area (Å²) in [7, 11) is 0. The van der Waals surface area contributed by atoms with Crippen molar-refractivity contribution in [1.29, 1.82) is 5.26 Å². The lowest BCUT2D eigenvalue weighted by Crippen LogP contribution is -1.90. The molecule has 2 rings (SSSR count). The van der Waals surface area contributed by atoms with Crippen LogP contribution in [0.25, 0.3) is 10.4 Å². The smallest absolute Gasteiger partial charge is 0.266 e. The number of nitriles is 1. The van der Waals surface area contributed by atoms with Crippen molar-refractivity contribution in [2.45, 2.75) is 0 Å². The van der Waals surface area contributed by atoms with Crippen molar-refractivity contribution in [3.63, 3.8) is 0 Å². The zero-order valence-corrected chi connectivity index (χ0v) is 12.7. The van der Waals surface area contributed by atoms with Gasteiger partial charge in [0.25, 0.3) is 5.70 Å². The minimum absolute atomic E-state index is 0.101. The third kappa shape index (κ3) is 3.72. The number of rotatable bonds is 4. The monoisotopic (exact) mass is 338 g/mol. The molecular weight excluding hydrogens is 328 g/mol. The first-order chi connectivity index (χ1) is 10.3. The number of halogens is 1. The molecule has 0 aliphatic heterocycles. The van der Waals surface area contributed by atoms with Crippen molar-refractivity contribution < 1.29 is 4.74 Å². The molecule has 0 N–H and O–H groups in total. The summed E-state index contributed by atoms with van der Waals surface area (Å²) in [5.41, 5.74) is 1.61. The fourth-order valence-corrected chi connectivity index (χ4v) is 2.38. The molecule has 0 aliphatic carbocycles. The Morgan fingerprint density at radius 1 is 1.10 bits per heavy atom. The third-order valence-electron chi connectivity index (χ3n) is 2.82. The highest BCUT2D eigenvalue weighted by molar-refractivity contribution is 9.09. The second kappa shape index (κ2) is 7.28. The van der Waals surface area contributed by atoms with Crippen LogP contribution in [0.2, 0.25) is 0 Å². The van der Waals surface area contributed by atoms with Crippen LogP contribution in [-0.4, -0.2) is 5.33 Å². The number of hydrogen-bond donors (Lipinski definition) is 0. The summed E-state index contributed by atoms with van der Waals surface area (Å²) in [6, 6.07) is 18.8. The number of alkyl halides is 1. The van der Waals surface area contributed by atoms with Gasteiger partial charge in [0, 0.05) is 5.33 Å². The molecule has 0 atom stereocenters. The molecule has 0 radical (unpaired) electrons. The highest BCUT2D eigenvalue weighted by Crippen LogP contribution is 2.26. The fourth-order valence-electron chi connectivity index (χ4n) is 1.79. The summed E-state index contributed by atoms with van der Waals surface area (Å²) in [5.74, 6) is 1.47. The lowest BCUT2D eigenvalue weighted by molar-refractivity contribution is 0.482. The number of nitrogens with zero attached hydrogens (tertiary/aromatic N) is 2. The summed E-state index contributed by atoms with van der Waals surface area (Å²) in [5, 5.41) is 9.43. The first-order valence-corrected chi connectivity index (χ1v) is 7.30. The van der Waals surface area contributed by atoms with Crippen molar-refractivity contribution >= 4 is 21.5 Å². The van der Waals surface area contributed by atoms with Gasteiger partial charge in [0.2, 0.25) is 0 Å².